The third-order valence-corrected chi connectivity index (χ3v) is 5.19. The van der Waals surface area contributed by atoms with Crippen LogP contribution < -0.4 is 15.5 Å². The van der Waals surface area contributed by atoms with Gasteiger partial charge >= 0.3 is 0 Å². The Morgan fingerprint density at radius 3 is 2.35 bits per heavy atom. The zero-order valence-electron chi connectivity index (χ0n) is 17.9. The van der Waals surface area contributed by atoms with E-state index in [2.05, 4.69) is 5.32 Å². The lowest BCUT2D eigenvalue weighted by Crippen LogP contribution is -2.12. The Labute approximate surface area is 180 Å². The van der Waals surface area contributed by atoms with Crippen molar-refractivity contribution in [2.45, 2.75) is 20.8 Å². The summed E-state index contributed by atoms with van der Waals surface area (Å²) in [6.45, 7) is 5.83. The minimum Gasteiger partial charge on any atom is -0.495 e. The summed E-state index contributed by atoms with van der Waals surface area (Å²) in [6, 6.07) is 17.9. The lowest BCUT2D eigenvalue weighted by atomic mass is 10.1. The van der Waals surface area contributed by atoms with Gasteiger partial charge in [-0.25, -0.2) is 0 Å². The highest BCUT2D eigenvalue weighted by Gasteiger charge is 2.13. The Kier molecular flexibility index (Phi) is 5.34. The first-order valence-electron chi connectivity index (χ1n) is 9.97. The Bertz CT molecular complexity index is 1350. The van der Waals surface area contributed by atoms with E-state index in [1.807, 2.05) is 51.1 Å². The van der Waals surface area contributed by atoms with Crippen LogP contribution in [0.1, 0.15) is 27.0 Å². The van der Waals surface area contributed by atoms with Crippen LogP contribution in [-0.4, -0.2) is 13.0 Å². The van der Waals surface area contributed by atoms with Crippen LogP contribution in [-0.2, 0) is 0 Å². The molecule has 0 aliphatic rings. The molecule has 4 rings (SSSR count). The topological polar surface area (TPSA) is 68.5 Å². The lowest BCUT2D eigenvalue weighted by molar-refractivity contribution is 0.102. The highest BCUT2D eigenvalue weighted by atomic mass is 16.5. The number of methoxy groups -OCH3 is 1. The first kappa shape index (κ1) is 20.4. The van der Waals surface area contributed by atoms with Crippen molar-refractivity contribution in [1.29, 1.82) is 0 Å². The number of benzene rings is 3. The van der Waals surface area contributed by atoms with Crippen molar-refractivity contribution in [2.75, 3.05) is 12.4 Å². The highest BCUT2D eigenvalue weighted by Crippen LogP contribution is 2.27. The predicted molar refractivity (Wildman–Crippen MR) is 123 cm³/mol. The number of ether oxygens (including phenoxy) is 1. The molecule has 5 nitrogen and oxygen atoms in total. The molecule has 0 spiro atoms. The summed E-state index contributed by atoms with van der Waals surface area (Å²) in [5.74, 6) is 0.817. The summed E-state index contributed by atoms with van der Waals surface area (Å²) in [5.41, 5.74) is 5.28. The molecule has 1 N–H and O–H groups in total. The molecule has 0 saturated carbocycles. The minimum absolute atomic E-state index is 0.0867. The molecule has 1 aromatic heterocycles. The zero-order valence-corrected chi connectivity index (χ0v) is 17.9. The maximum atomic E-state index is 12.7. The van der Waals surface area contributed by atoms with Crippen LogP contribution in [0.4, 0.5) is 5.69 Å². The molecular formula is C26H23NO4. The monoisotopic (exact) mass is 413 g/mol. The normalized spacial score (nSPS) is 10.8. The van der Waals surface area contributed by atoms with Crippen LogP contribution >= 0.6 is 0 Å². The zero-order chi connectivity index (χ0) is 22.1. The molecule has 0 aliphatic carbocycles. The average molecular weight is 413 g/mol. The van der Waals surface area contributed by atoms with Gasteiger partial charge in [0.1, 0.15) is 17.1 Å². The van der Waals surface area contributed by atoms with Crippen molar-refractivity contribution in [3.63, 3.8) is 0 Å². The quantitative estimate of drug-likeness (QED) is 0.470. The number of hydrogen-bond acceptors (Lipinski definition) is 4. The van der Waals surface area contributed by atoms with Crippen LogP contribution in [0.15, 0.2) is 69.9 Å². The predicted octanol–water partition coefficient (Wildman–Crippen LogP) is 5.65. The van der Waals surface area contributed by atoms with Crippen LogP contribution in [0, 0.1) is 20.8 Å². The molecule has 3 aromatic carbocycles. The number of hydrogen-bond donors (Lipinski definition) is 1. The van der Waals surface area contributed by atoms with Crippen LogP contribution in [0.2, 0.25) is 0 Å². The van der Waals surface area contributed by atoms with E-state index in [0.29, 0.717) is 33.7 Å². The SMILES string of the molecule is COc1ccc(C)cc1NC(=O)c1ccc(-c2cc(=O)c3cc(C)cc(C)c3o2)cc1. The van der Waals surface area contributed by atoms with Gasteiger partial charge in [0.25, 0.3) is 5.91 Å². The van der Waals surface area contributed by atoms with E-state index in [1.54, 1.807) is 31.4 Å². The van der Waals surface area contributed by atoms with Crippen molar-refractivity contribution in [3.8, 4) is 17.1 Å². The van der Waals surface area contributed by atoms with E-state index >= 15 is 0 Å². The van der Waals surface area contributed by atoms with E-state index in [4.69, 9.17) is 9.15 Å². The van der Waals surface area contributed by atoms with Crippen molar-refractivity contribution in [2.24, 2.45) is 0 Å². The average Bonchev–Trinajstić information content (AvgIpc) is 2.74. The van der Waals surface area contributed by atoms with Gasteiger partial charge in [-0.05, 0) is 67.8 Å². The fraction of sp³-hybridized carbons (Fsp3) is 0.154. The van der Waals surface area contributed by atoms with E-state index in [0.717, 1.165) is 22.3 Å². The van der Waals surface area contributed by atoms with Gasteiger partial charge in [0, 0.05) is 17.2 Å². The van der Waals surface area contributed by atoms with Gasteiger partial charge in [-0.15, -0.1) is 0 Å². The van der Waals surface area contributed by atoms with Crippen molar-refractivity contribution >= 4 is 22.6 Å². The first-order chi connectivity index (χ1) is 14.9. The number of carbonyl (C=O) groups is 1. The molecule has 156 valence electrons. The number of fused-ring (bicyclic) bond motifs is 1. The number of rotatable bonds is 4. The van der Waals surface area contributed by atoms with Crippen LogP contribution in [0.3, 0.4) is 0 Å². The summed E-state index contributed by atoms with van der Waals surface area (Å²) in [7, 11) is 1.56. The summed E-state index contributed by atoms with van der Waals surface area (Å²) in [4.78, 5) is 25.3. The van der Waals surface area contributed by atoms with Gasteiger partial charge in [-0.2, -0.15) is 0 Å². The maximum Gasteiger partial charge on any atom is 0.255 e. The molecule has 5 heteroatoms. The summed E-state index contributed by atoms with van der Waals surface area (Å²) < 4.78 is 11.4. The Morgan fingerprint density at radius 2 is 1.65 bits per heavy atom. The minimum atomic E-state index is -0.248. The van der Waals surface area contributed by atoms with Gasteiger partial charge in [0.15, 0.2) is 5.43 Å². The second kappa shape index (κ2) is 8.11. The fourth-order valence-corrected chi connectivity index (χ4v) is 3.65. The van der Waals surface area contributed by atoms with Gasteiger partial charge in [0.05, 0.1) is 18.2 Å². The number of aryl methyl sites for hydroxylation is 3. The summed E-state index contributed by atoms with van der Waals surface area (Å²) in [6.07, 6.45) is 0. The molecule has 4 aromatic rings. The smallest absolute Gasteiger partial charge is 0.255 e. The molecule has 1 heterocycles. The van der Waals surface area contributed by atoms with Gasteiger partial charge in [-0.1, -0.05) is 24.3 Å². The molecule has 1 amide bonds. The first-order valence-corrected chi connectivity index (χ1v) is 9.97. The third kappa shape index (κ3) is 4.08. The van der Waals surface area contributed by atoms with Crippen LogP contribution in [0.5, 0.6) is 5.75 Å². The van der Waals surface area contributed by atoms with Crippen LogP contribution in [0.25, 0.3) is 22.3 Å². The van der Waals surface area contributed by atoms with Crippen molar-refractivity contribution in [1.82, 2.24) is 0 Å². The Hall–Kier alpha value is -3.86. The molecule has 0 bridgehead atoms. The second-order valence-corrected chi connectivity index (χ2v) is 7.67. The maximum absolute atomic E-state index is 12.7. The Balaban J connectivity index is 1.64. The lowest BCUT2D eigenvalue weighted by Gasteiger charge is -2.11. The largest absolute Gasteiger partial charge is 0.495 e. The molecule has 0 saturated heterocycles. The molecule has 0 atom stereocenters. The summed E-state index contributed by atoms with van der Waals surface area (Å²) in [5, 5.41) is 3.46. The third-order valence-electron chi connectivity index (χ3n) is 5.19. The van der Waals surface area contributed by atoms with E-state index in [-0.39, 0.29) is 11.3 Å². The van der Waals surface area contributed by atoms with Crippen molar-refractivity contribution < 1.29 is 13.9 Å². The van der Waals surface area contributed by atoms with Gasteiger partial charge in [0.2, 0.25) is 0 Å². The highest BCUT2D eigenvalue weighted by molar-refractivity contribution is 6.05. The Morgan fingerprint density at radius 1 is 0.903 bits per heavy atom. The number of carbonyl (C=O) groups excluding carboxylic acids is 1. The summed E-state index contributed by atoms with van der Waals surface area (Å²) >= 11 is 0. The molecule has 31 heavy (non-hydrogen) atoms. The molecular weight excluding hydrogens is 390 g/mol. The van der Waals surface area contributed by atoms with E-state index < -0.39 is 0 Å². The van der Waals surface area contributed by atoms with E-state index in [9.17, 15) is 9.59 Å². The second-order valence-electron chi connectivity index (χ2n) is 7.67. The van der Waals surface area contributed by atoms with Crippen molar-refractivity contribution in [3.05, 3.63) is 93.1 Å². The molecule has 0 radical (unpaired) electrons. The molecule has 0 unspecified atom stereocenters. The molecule has 0 aliphatic heterocycles. The van der Waals surface area contributed by atoms with E-state index in [1.165, 1.54) is 6.07 Å². The van der Waals surface area contributed by atoms with Gasteiger partial charge in [-0.3, -0.25) is 9.59 Å². The molecule has 0 fully saturated rings. The number of nitrogens with one attached hydrogen (secondary N) is 1. The standard InChI is InChI=1S/C26H23NO4/c1-15-5-10-23(30-4)21(13-15)27-26(29)19-8-6-18(7-9-19)24-14-22(28)20-12-16(2)11-17(3)25(20)31-24/h5-14H,1-4H3,(H,27,29). The number of amides is 1. The number of anilines is 1. The fourth-order valence-electron chi connectivity index (χ4n) is 3.65. The van der Waals surface area contributed by atoms with Gasteiger partial charge < -0.3 is 14.5 Å².